The Labute approximate surface area is 94.2 Å². The number of carbonyl (C=O) groups is 1. The van der Waals surface area contributed by atoms with Gasteiger partial charge in [0, 0.05) is 30.4 Å². The Morgan fingerprint density at radius 1 is 1.25 bits per heavy atom. The van der Waals surface area contributed by atoms with Crippen LogP contribution in [-0.4, -0.2) is 25.0 Å². The van der Waals surface area contributed by atoms with E-state index < -0.39 is 0 Å². The lowest BCUT2D eigenvalue weighted by atomic mass is 10.2. The molecule has 1 aromatic carbocycles. The molecule has 3 rings (SSSR count). The van der Waals surface area contributed by atoms with Gasteiger partial charge in [0.25, 0.3) is 0 Å². The summed E-state index contributed by atoms with van der Waals surface area (Å²) < 4.78 is 0. The molecule has 1 aliphatic carbocycles. The van der Waals surface area contributed by atoms with E-state index in [-0.39, 0.29) is 5.91 Å². The number of nitrogens with two attached hydrogens (primary N) is 1. The summed E-state index contributed by atoms with van der Waals surface area (Å²) in [5.41, 5.74) is 6.82. The highest BCUT2D eigenvalue weighted by molar-refractivity contribution is 5.93. The molecule has 4 heteroatoms. The molecule has 84 valence electrons. The largest absolute Gasteiger partial charge is 0.382 e. The van der Waals surface area contributed by atoms with Crippen molar-refractivity contribution in [2.24, 2.45) is 17.6 Å². The SMILES string of the molecule is NC(=O)c1ccc(NC2C3CNCC32)cc1. The number of piperidine rings is 1. The number of benzene rings is 1. The summed E-state index contributed by atoms with van der Waals surface area (Å²) in [6, 6.07) is 7.98. The van der Waals surface area contributed by atoms with Crippen molar-refractivity contribution in [3.8, 4) is 0 Å². The fourth-order valence-corrected chi connectivity index (χ4v) is 2.56. The molecule has 2 atom stereocenters. The van der Waals surface area contributed by atoms with Crippen LogP contribution in [0.2, 0.25) is 0 Å². The summed E-state index contributed by atoms with van der Waals surface area (Å²) in [7, 11) is 0. The maximum absolute atomic E-state index is 10.9. The van der Waals surface area contributed by atoms with Crippen molar-refractivity contribution in [3.05, 3.63) is 29.8 Å². The van der Waals surface area contributed by atoms with E-state index in [1.54, 1.807) is 12.1 Å². The van der Waals surface area contributed by atoms with Crippen molar-refractivity contribution in [2.45, 2.75) is 6.04 Å². The quantitative estimate of drug-likeness (QED) is 0.687. The van der Waals surface area contributed by atoms with Gasteiger partial charge in [-0.25, -0.2) is 0 Å². The van der Waals surface area contributed by atoms with Crippen molar-refractivity contribution >= 4 is 11.6 Å². The fraction of sp³-hybridized carbons (Fsp3) is 0.417. The third-order valence-electron chi connectivity index (χ3n) is 3.59. The molecule has 1 saturated carbocycles. The molecule has 1 amide bonds. The van der Waals surface area contributed by atoms with E-state index in [1.165, 1.54) is 0 Å². The number of hydrogen-bond donors (Lipinski definition) is 3. The van der Waals surface area contributed by atoms with Gasteiger partial charge in [0.1, 0.15) is 0 Å². The molecule has 1 aromatic rings. The van der Waals surface area contributed by atoms with Gasteiger partial charge in [-0.3, -0.25) is 4.79 Å². The molecule has 16 heavy (non-hydrogen) atoms. The van der Waals surface area contributed by atoms with Crippen molar-refractivity contribution in [3.63, 3.8) is 0 Å². The van der Waals surface area contributed by atoms with E-state index in [2.05, 4.69) is 10.6 Å². The average Bonchev–Trinajstić information content (AvgIpc) is 2.75. The van der Waals surface area contributed by atoms with Gasteiger partial charge < -0.3 is 16.4 Å². The van der Waals surface area contributed by atoms with Gasteiger partial charge in [-0.05, 0) is 36.1 Å². The van der Waals surface area contributed by atoms with Gasteiger partial charge >= 0.3 is 0 Å². The molecule has 2 aliphatic rings. The highest BCUT2D eigenvalue weighted by atomic mass is 16.1. The monoisotopic (exact) mass is 217 g/mol. The van der Waals surface area contributed by atoms with E-state index >= 15 is 0 Å². The molecule has 0 radical (unpaired) electrons. The summed E-state index contributed by atoms with van der Waals surface area (Å²) in [6.45, 7) is 2.25. The summed E-state index contributed by atoms with van der Waals surface area (Å²) in [5.74, 6) is 1.20. The van der Waals surface area contributed by atoms with Gasteiger partial charge in [0.05, 0.1) is 0 Å². The lowest BCUT2D eigenvalue weighted by Crippen LogP contribution is -2.21. The van der Waals surface area contributed by atoms with Crippen LogP contribution in [0.4, 0.5) is 5.69 Å². The number of hydrogen-bond acceptors (Lipinski definition) is 3. The predicted molar refractivity (Wildman–Crippen MR) is 62.2 cm³/mol. The summed E-state index contributed by atoms with van der Waals surface area (Å²) >= 11 is 0. The number of primary amides is 1. The van der Waals surface area contributed by atoms with Crippen LogP contribution in [0, 0.1) is 11.8 Å². The Morgan fingerprint density at radius 2 is 1.88 bits per heavy atom. The molecular weight excluding hydrogens is 202 g/mol. The lowest BCUT2D eigenvalue weighted by Gasteiger charge is -2.09. The van der Waals surface area contributed by atoms with E-state index in [4.69, 9.17) is 5.73 Å². The van der Waals surface area contributed by atoms with E-state index in [9.17, 15) is 4.79 Å². The summed E-state index contributed by atoms with van der Waals surface area (Å²) in [6.07, 6.45) is 0. The van der Waals surface area contributed by atoms with Crippen LogP contribution in [0.15, 0.2) is 24.3 Å². The normalized spacial score (nSPS) is 30.9. The first-order valence-electron chi connectivity index (χ1n) is 5.63. The van der Waals surface area contributed by atoms with Gasteiger partial charge in [-0.2, -0.15) is 0 Å². The average molecular weight is 217 g/mol. The van der Waals surface area contributed by atoms with Crippen molar-refractivity contribution in [2.75, 3.05) is 18.4 Å². The predicted octanol–water partition coefficient (Wildman–Crippen LogP) is 0.415. The second kappa shape index (κ2) is 3.49. The Bertz CT molecular complexity index is 405. The number of amides is 1. The fourth-order valence-electron chi connectivity index (χ4n) is 2.56. The maximum Gasteiger partial charge on any atom is 0.248 e. The molecule has 4 nitrogen and oxygen atoms in total. The highest BCUT2D eigenvalue weighted by Crippen LogP contribution is 2.43. The summed E-state index contributed by atoms with van der Waals surface area (Å²) in [5, 5.41) is 6.85. The molecule has 1 aliphatic heterocycles. The standard InChI is InChI=1S/C12H15N3O/c13-12(16)7-1-3-8(4-2-7)15-11-9-5-14-6-10(9)11/h1-4,9-11,14-15H,5-6H2,(H2,13,16). The van der Waals surface area contributed by atoms with Crippen molar-refractivity contribution in [1.29, 1.82) is 0 Å². The molecule has 4 N–H and O–H groups in total. The van der Waals surface area contributed by atoms with Crippen LogP contribution < -0.4 is 16.4 Å². The van der Waals surface area contributed by atoms with Gasteiger partial charge in [0.15, 0.2) is 0 Å². The second-order valence-electron chi connectivity index (χ2n) is 4.60. The zero-order valence-electron chi connectivity index (χ0n) is 8.94. The minimum Gasteiger partial charge on any atom is -0.382 e. The molecule has 1 heterocycles. The first kappa shape index (κ1) is 9.66. The third-order valence-corrected chi connectivity index (χ3v) is 3.59. The minimum absolute atomic E-state index is 0.376. The van der Waals surface area contributed by atoms with Crippen molar-refractivity contribution < 1.29 is 4.79 Å². The Balaban J connectivity index is 1.65. The van der Waals surface area contributed by atoms with E-state index in [0.717, 1.165) is 30.6 Å². The first-order valence-corrected chi connectivity index (χ1v) is 5.63. The zero-order valence-corrected chi connectivity index (χ0v) is 8.94. The number of carbonyl (C=O) groups excluding carboxylic acids is 1. The number of rotatable bonds is 3. The molecule has 0 aromatic heterocycles. The molecule has 0 spiro atoms. The third kappa shape index (κ3) is 1.55. The van der Waals surface area contributed by atoms with E-state index in [1.807, 2.05) is 12.1 Å². The van der Waals surface area contributed by atoms with Gasteiger partial charge in [0.2, 0.25) is 5.91 Å². The zero-order chi connectivity index (χ0) is 11.1. The topological polar surface area (TPSA) is 67.2 Å². The second-order valence-corrected chi connectivity index (χ2v) is 4.60. The van der Waals surface area contributed by atoms with Gasteiger partial charge in [-0.15, -0.1) is 0 Å². The first-order chi connectivity index (χ1) is 7.75. The van der Waals surface area contributed by atoms with Crippen molar-refractivity contribution in [1.82, 2.24) is 5.32 Å². The Hall–Kier alpha value is -1.55. The number of nitrogens with one attached hydrogen (secondary N) is 2. The van der Waals surface area contributed by atoms with Crippen LogP contribution in [0.1, 0.15) is 10.4 Å². The Kier molecular flexibility index (Phi) is 2.11. The number of fused-ring (bicyclic) bond motifs is 1. The molecule has 0 bridgehead atoms. The minimum atomic E-state index is -0.376. The van der Waals surface area contributed by atoms with Gasteiger partial charge in [-0.1, -0.05) is 0 Å². The smallest absolute Gasteiger partial charge is 0.248 e. The lowest BCUT2D eigenvalue weighted by molar-refractivity contribution is 0.100. The molecule has 2 fully saturated rings. The maximum atomic E-state index is 10.9. The number of anilines is 1. The van der Waals surface area contributed by atoms with E-state index in [0.29, 0.717) is 11.6 Å². The molecular formula is C12H15N3O. The Morgan fingerprint density at radius 3 is 2.44 bits per heavy atom. The van der Waals surface area contributed by atoms with Crippen LogP contribution >= 0.6 is 0 Å². The van der Waals surface area contributed by atoms with Crippen LogP contribution in [0.25, 0.3) is 0 Å². The molecule has 2 unspecified atom stereocenters. The highest BCUT2D eigenvalue weighted by Gasteiger charge is 2.52. The summed E-state index contributed by atoms with van der Waals surface area (Å²) in [4.78, 5) is 10.9. The van der Waals surface area contributed by atoms with Crippen LogP contribution in [0.5, 0.6) is 0 Å². The van der Waals surface area contributed by atoms with Crippen LogP contribution in [0.3, 0.4) is 0 Å². The molecule has 1 saturated heterocycles. The van der Waals surface area contributed by atoms with Crippen LogP contribution in [-0.2, 0) is 0 Å².